The molecule has 0 N–H and O–H groups in total. The first-order chi connectivity index (χ1) is 12.1. The zero-order chi connectivity index (χ0) is 17.8. The van der Waals surface area contributed by atoms with E-state index in [4.69, 9.17) is 32.9 Å². The number of rotatable bonds is 5. The van der Waals surface area contributed by atoms with Crippen LogP contribution in [-0.2, 0) is 6.54 Å². The molecule has 0 amide bonds. The van der Waals surface area contributed by atoms with Crippen molar-refractivity contribution in [1.29, 1.82) is 0 Å². The van der Waals surface area contributed by atoms with Gasteiger partial charge in [-0.25, -0.2) is 4.99 Å². The summed E-state index contributed by atoms with van der Waals surface area (Å²) in [5.41, 5.74) is 1.95. The first-order valence-electron chi connectivity index (χ1n) is 8.16. The molecule has 6 heteroatoms. The van der Waals surface area contributed by atoms with Crippen molar-refractivity contribution < 1.29 is 4.74 Å². The van der Waals surface area contributed by atoms with Gasteiger partial charge in [-0.2, -0.15) is 0 Å². The smallest absolute Gasteiger partial charge is 0.165 e. The van der Waals surface area contributed by atoms with Gasteiger partial charge in [0.05, 0.1) is 12.8 Å². The Bertz CT molecular complexity index is 782. The minimum absolute atomic E-state index is 0.445. The number of thioether (sulfide) groups is 1. The third kappa shape index (κ3) is 4.43. The molecule has 2 aromatic carbocycles. The molecule has 25 heavy (non-hydrogen) atoms. The van der Waals surface area contributed by atoms with Gasteiger partial charge < -0.3 is 9.64 Å². The van der Waals surface area contributed by atoms with Gasteiger partial charge in [-0.3, -0.25) is 0 Å². The summed E-state index contributed by atoms with van der Waals surface area (Å²) in [5, 5.41) is 2.37. The Hall–Kier alpha value is -1.36. The molecule has 0 radical (unpaired) electrons. The lowest BCUT2D eigenvalue weighted by Crippen LogP contribution is -2.32. The number of aliphatic imine (C=N–C) groups is 1. The second kappa shape index (κ2) is 8.35. The minimum Gasteiger partial charge on any atom is -0.497 e. The van der Waals surface area contributed by atoms with Gasteiger partial charge in [-0.15, -0.1) is 0 Å². The summed E-state index contributed by atoms with van der Waals surface area (Å²) in [7, 11) is 1.67. The molecule has 2 aromatic rings. The molecule has 1 saturated heterocycles. The highest BCUT2D eigenvalue weighted by Gasteiger charge is 2.29. The summed E-state index contributed by atoms with van der Waals surface area (Å²) in [4.78, 5) is 7.18. The van der Waals surface area contributed by atoms with E-state index in [9.17, 15) is 0 Å². The first-order valence-corrected chi connectivity index (χ1v) is 9.91. The molecule has 1 fully saturated rings. The van der Waals surface area contributed by atoms with E-state index in [0.717, 1.165) is 40.9 Å². The molecule has 0 bridgehead atoms. The maximum Gasteiger partial charge on any atom is 0.165 e. The number of amidine groups is 1. The molecule has 0 aromatic heterocycles. The van der Waals surface area contributed by atoms with E-state index in [0.29, 0.717) is 16.1 Å². The second-order valence-electron chi connectivity index (χ2n) is 5.83. The van der Waals surface area contributed by atoms with Crippen LogP contribution in [0.3, 0.4) is 0 Å². The quantitative estimate of drug-likeness (QED) is 0.619. The molecule has 0 saturated carbocycles. The molecule has 0 spiro atoms. The SMILES string of the molecule is CC[C@@H]1CSC(=Nc2cccc(OC)c2)N1Cc1ccc(Cl)cc1Cl. The van der Waals surface area contributed by atoms with Crippen molar-refractivity contribution in [3.05, 3.63) is 58.1 Å². The second-order valence-corrected chi connectivity index (χ2v) is 7.66. The van der Waals surface area contributed by atoms with Crippen LogP contribution < -0.4 is 4.74 Å². The van der Waals surface area contributed by atoms with Crippen LogP contribution >= 0.6 is 35.0 Å². The summed E-state index contributed by atoms with van der Waals surface area (Å²) in [6, 6.07) is 13.9. The van der Waals surface area contributed by atoms with Crippen molar-refractivity contribution >= 4 is 45.8 Å². The molecule has 132 valence electrons. The highest BCUT2D eigenvalue weighted by atomic mass is 35.5. The summed E-state index contributed by atoms with van der Waals surface area (Å²) in [5.74, 6) is 1.84. The maximum absolute atomic E-state index is 6.37. The van der Waals surface area contributed by atoms with Gasteiger partial charge in [0.25, 0.3) is 0 Å². The maximum atomic E-state index is 6.37. The van der Waals surface area contributed by atoms with Gasteiger partial charge in [0.15, 0.2) is 5.17 Å². The monoisotopic (exact) mass is 394 g/mol. The fraction of sp³-hybridized carbons (Fsp3) is 0.316. The zero-order valence-electron chi connectivity index (χ0n) is 14.2. The van der Waals surface area contributed by atoms with Crippen molar-refractivity contribution in [2.75, 3.05) is 12.9 Å². The molecule has 1 heterocycles. The third-order valence-corrected chi connectivity index (χ3v) is 5.92. The van der Waals surface area contributed by atoms with E-state index in [-0.39, 0.29) is 0 Å². The van der Waals surface area contributed by atoms with Crippen LogP contribution in [0.15, 0.2) is 47.5 Å². The molecular weight excluding hydrogens is 375 g/mol. The van der Waals surface area contributed by atoms with Gasteiger partial charge >= 0.3 is 0 Å². The van der Waals surface area contributed by atoms with Crippen molar-refractivity contribution in [2.24, 2.45) is 4.99 Å². The predicted octanol–water partition coefficient (Wildman–Crippen LogP) is 6.02. The third-order valence-electron chi connectivity index (χ3n) is 4.20. The summed E-state index contributed by atoms with van der Waals surface area (Å²) < 4.78 is 5.29. The number of nitrogens with zero attached hydrogens (tertiary/aromatic N) is 2. The van der Waals surface area contributed by atoms with Crippen molar-refractivity contribution in [3.63, 3.8) is 0 Å². The lowest BCUT2D eigenvalue weighted by Gasteiger charge is -2.25. The van der Waals surface area contributed by atoms with Gasteiger partial charge in [0.2, 0.25) is 0 Å². The fourth-order valence-corrected chi connectivity index (χ4v) is 4.53. The molecule has 1 aliphatic rings. The number of methoxy groups -OCH3 is 1. The highest BCUT2D eigenvalue weighted by Crippen LogP contribution is 2.32. The van der Waals surface area contributed by atoms with Crippen molar-refractivity contribution in [3.8, 4) is 5.75 Å². The summed E-state index contributed by atoms with van der Waals surface area (Å²) in [6.07, 6.45) is 1.06. The van der Waals surface area contributed by atoms with Crippen LogP contribution in [-0.4, -0.2) is 29.0 Å². The van der Waals surface area contributed by atoms with Gasteiger partial charge in [0, 0.05) is 34.5 Å². The van der Waals surface area contributed by atoms with Gasteiger partial charge in [0.1, 0.15) is 5.75 Å². The number of hydrogen-bond donors (Lipinski definition) is 0. The Balaban J connectivity index is 1.88. The molecule has 1 atom stereocenters. The van der Waals surface area contributed by atoms with Crippen LogP contribution in [0.1, 0.15) is 18.9 Å². The van der Waals surface area contributed by atoms with Gasteiger partial charge in [-0.1, -0.05) is 54.0 Å². The lowest BCUT2D eigenvalue weighted by molar-refractivity contribution is 0.335. The first kappa shape index (κ1) is 18.4. The van der Waals surface area contributed by atoms with Crippen LogP contribution in [0.5, 0.6) is 5.75 Å². The normalized spacial score (nSPS) is 18.8. The summed E-state index contributed by atoms with van der Waals surface area (Å²) >= 11 is 14.2. The average molecular weight is 395 g/mol. The van der Waals surface area contributed by atoms with E-state index in [2.05, 4.69) is 11.8 Å². The van der Waals surface area contributed by atoms with Crippen molar-refractivity contribution in [2.45, 2.75) is 25.9 Å². The Morgan fingerprint density at radius 3 is 2.80 bits per heavy atom. The molecule has 3 rings (SSSR count). The standard InChI is InChI=1S/C19H20Cl2N2OS/c1-3-16-12-25-19(22-15-5-4-6-17(10-15)24-2)23(16)11-13-7-8-14(20)9-18(13)21/h4-10,16H,3,11-12H2,1-2H3/t16-/m1/s1. The molecule has 3 nitrogen and oxygen atoms in total. The Morgan fingerprint density at radius 1 is 1.24 bits per heavy atom. The Kier molecular flexibility index (Phi) is 6.15. The van der Waals surface area contributed by atoms with E-state index < -0.39 is 0 Å². The largest absolute Gasteiger partial charge is 0.497 e. The molecule has 0 unspecified atom stereocenters. The number of benzene rings is 2. The minimum atomic E-state index is 0.445. The van der Waals surface area contributed by atoms with Gasteiger partial charge in [-0.05, 0) is 36.2 Å². The van der Waals surface area contributed by atoms with E-state index in [1.54, 1.807) is 24.9 Å². The van der Waals surface area contributed by atoms with Crippen molar-refractivity contribution in [1.82, 2.24) is 4.90 Å². The number of hydrogen-bond acceptors (Lipinski definition) is 3. The number of ether oxygens (including phenoxy) is 1. The Morgan fingerprint density at radius 2 is 2.08 bits per heavy atom. The number of halogens is 2. The highest BCUT2D eigenvalue weighted by molar-refractivity contribution is 8.14. The van der Waals surface area contributed by atoms with E-state index >= 15 is 0 Å². The fourth-order valence-electron chi connectivity index (χ4n) is 2.76. The van der Waals surface area contributed by atoms with Crippen LogP contribution in [0.4, 0.5) is 5.69 Å². The Labute approximate surface area is 163 Å². The topological polar surface area (TPSA) is 24.8 Å². The van der Waals surface area contributed by atoms with E-state index in [1.807, 2.05) is 36.4 Å². The molecular formula is C19H20Cl2N2OS. The van der Waals surface area contributed by atoms with Crippen LogP contribution in [0, 0.1) is 0 Å². The predicted molar refractivity (Wildman–Crippen MR) is 109 cm³/mol. The molecule has 0 aliphatic carbocycles. The van der Waals surface area contributed by atoms with E-state index in [1.165, 1.54) is 0 Å². The molecule has 1 aliphatic heterocycles. The van der Waals surface area contributed by atoms with Crippen LogP contribution in [0.2, 0.25) is 10.0 Å². The lowest BCUT2D eigenvalue weighted by atomic mass is 10.1. The zero-order valence-corrected chi connectivity index (χ0v) is 16.5. The average Bonchev–Trinajstić information content (AvgIpc) is 2.99. The van der Waals surface area contributed by atoms with Crippen LogP contribution in [0.25, 0.3) is 0 Å². The summed E-state index contributed by atoms with van der Waals surface area (Å²) in [6.45, 7) is 2.93.